The first-order chi connectivity index (χ1) is 9.16. The van der Waals surface area contributed by atoms with Gasteiger partial charge in [0.25, 0.3) is 0 Å². The van der Waals surface area contributed by atoms with Crippen LogP contribution in [0.25, 0.3) is 0 Å². The van der Waals surface area contributed by atoms with E-state index in [1.807, 2.05) is 0 Å². The van der Waals surface area contributed by atoms with Gasteiger partial charge in [-0.15, -0.1) is 0 Å². The number of hydrogen-bond acceptors (Lipinski definition) is 4. The van der Waals surface area contributed by atoms with Crippen LogP contribution in [0, 0.1) is 0 Å². The fourth-order valence-electron chi connectivity index (χ4n) is 2.16. The third-order valence-electron chi connectivity index (χ3n) is 3.22. The predicted octanol–water partition coefficient (Wildman–Crippen LogP) is -0.336. The van der Waals surface area contributed by atoms with Crippen LogP contribution in [0.5, 0.6) is 0 Å². The Morgan fingerprint density at radius 1 is 1.53 bits per heavy atom. The Labute approximate surface area is 110 Å². The Morgan fingerprint density at radius 3 is 2.95 bits per heavy atom. The minimum atomic E-state index is -1.04. The van der Waals surface area contributed by atoms with Crippen LogP contribution in [-0.2, 0) is 16.0 Å². The molecule has 1 aromatic rings. The third-order valence-corrected chi connectivity index (χ3v) is 3.22. The van der Waals surface area contributed by atoms with E-state index in [2.05, 4.69) is 20.6 Å². The molecule has 1 fully saturated rings. The van der Waals surface area contributed by atoms with E-state index < -0.39 is 12.0 Å². The van der Waals surface area contributed by atoms with Gasteiger partial charge in [0.05, 0.1) is 12.4 Å². The highest BCUT2D eigenvalue weighted by Crippen LogP contribution is 2.08. The minimum absolute atomic E-state index is 0.202. The molecule has 1 aromatic heterocycles. The lowest BCUT2D eigenvalue weighted by Crippen LogP contribution is -2.52. The fourth-order valence-corrected chi connectivity index (χ4v) is 2.16. The second-order valence-electron chi connectivity index (χ2n) is 4.68. The van der Waals surface area contributed by atoms with Crippen LogP contribution in [0.3, 0.4) is 0 Å². The number of aromatic amines is 1. The number of carboxylic acid groups (broad SMARTS) is 1. The smallest absolute Gasteiger partial charge is 0.326 e. The number of rotatable bonds is 5. The monoisotopic (exact) mass is 266 g/mol. The average Bonchev–Trinajstić information content (AvgIpc) is 2.91. The van der Waals surface area contributed by atoms with Crippen molar-refractivity contribution in [3.63, 3.8) is 0 Å². The van der Waals surface area contributed by atoms with Crippen LogP contribution < -0.4 is 10.6 Å². The maximum atomic E-state index is 12.0. The molecule has 19 heavy (non-hydrogen) atoms. The first-order valence-corrected chi connectivity index (χ1v) is 6.40. The summed E-state index contributed by atoms with van der Waals surface area (Å²) < 4.78 is 0. The van der Waals surface area contributed by atoms with Gasteiger partial charge in [-0.2, -0.15) is 0 Å². The van der Waals surface area contributed by atoms with Crippen molar-refractivity contribution in [3.8, 4) is 0 Å². The highest BCUT2D eigenvalue weighted by molar-refractivity contribution is 5.87. The first kappa shape index (κ1) is 13.5. The molecule has 0 aromatic carbocycles. The number of aliphatic carboxylic acids is 1. The molecule has 2 heterocycles. The molecule has 0 saturated carbocycles. The quantitative estimate of drug-likeness (QED) is 0.583. The molecule has 0 spiro atoms. The Morgan fingerprint density at radius 2 is 2.37 bits per heavy atom. The van der Waals surface area contributed by atoms with Gasteiger partial charge in [-0.25, -0.2) is 9.78 Å². The van der Waals surface area contributed by atoms with Crippen LogP contribution in [0.4, 0.5) is 0 Å². The maximum absolute atomic E-state index is 12.0. The number of hydrogen-bond donors (Lipinski definition) is 4. The summed E-state index contributed by atoms with van der Waals surface area (Å²) in [5.74, 6) is -1.29. The second-order valence-corrected chi connectivity index (χ2v) is 4.68. The summed E-state index contributed by atoms with van der Waals surface area (Å²) >= 11 is 0. The van der Waals surface area contributed by atoms with Crippen molar-refractivity contribution in [1.82, 2.24) is 20.6 Å². The van der Waals surface area contributed by atoms with E-state index in [4.69, 9.17) is 5.11 Å². The normalized spacial score (nSPS) is 20.7. The molecule has 0 bridgehead atoms. The molecule has 2 rings (SSSR count). The Kier molecular flexibility index (Phi) is 4.51. The molecule has 1 aliphatic rings. The van der Waals surface area contributed by atoms with E-state index in [9.17, 15) is 9.59 Å². The molecule has 2 atom stereocenters. The Bertz CT molecular complexity index is 426. The summed E-state index contributed by atoms with van der Waals surface area (Å²) in [6.07, 6.45) is 6.04. The highest BCUT2D eigenvalue weighted by Gasteiger charge is 2.26. The molecule has 2 unspecified atom stereocenters. The maximum Gasteiger partial charge on any atom is 0.326 e. The lowest BCUT2D eigenvalue weighted by atomic mass is 10.0. The topological polar surface area (TPSA) is 107 Å². The zero-order valence-electron chi connectivity index (χ0n) is 10.6. The molecule has 1 aliphatic heterocycles. The number of amides is 1. The van der Waals surface area contributed by atoms with Crippen molar-refractivity contribution in [3.05, 3.63) is 18.2 Å². The van der Waals surface area contributed by atoms with Gasteiger partial charge in [0.15, 0.2) is 0 Å². The largest absolute Gasteiger partial charge is 0.480 e. The van der Waals surface area contributed by atoms with Crippen molar-refractivity contribution in [2.75, 3.05) is 6.54 Å². The van der Waals surface area contributed by atoms with Gasteiger partial charge in [0.1, 0.15) is 6.04 Å². The summed E-state index contributed by atoms with van der Waals surface area (Å²) in [6.45, 7) is 0.802. The Hall–Kier alpha value is -1.89. The lowest BCUT2D eigenvalue weighted by molar-refractivity contribution is -0.142. The van der Waals surface area contributed by atoms with Crippen LogP contribution in [0.15, 0.2) is 12.5 Å². The van der Waals surface area contributed by atoms with Crippen molar-refractivity contribution in [2.45, 2.75) is 37.8 Å². The van der Waals surface area contributed by atoms with Gasteiger partial charge in [0.2, 0.25) is 5.91 Å². The standard InChI is InChI=1S/C12H18N4O3/c17-11(9-3-1-2-4-14-9)16-10(12(18)19)5-8-6-13-7-15-8/h6-7,9-10,14H,1-5H2,(H,13,15)(H,16,17)(H,18,19). The number of piperidine rings is 1. The molecular formula is C12H18N4O3. The lowest BCUT2D eigenvalue weighted by Gasteiger charge is -2.24. The molecule has 104 valence electrons. The van der Waals surface area contributed by atoms with Gasteiger partial charge in [-0.05, 0) is 19.4 Å². The average molecular weight is 266 g/mol. The second kappa shape index (κ2) is 6.33. The molecule has 7 heteroatoms. The number of nitrogens with zero attached hydrogens (tertiary/aromatic N) is 1. The van der Waals surface area contributed by atoms with E-state index in [-0.39, 0.29) is 18.4 Å². The number of carbonyl (C=O) groups is 2. The summed E-state index contributed by atoms with van der Waals surface area (Å²) in [7, 11) is 0. The minimum Gasteiger partial charge on any atom is -0.480 e. The van der Waals surface area contributed by atoms with E-state index in [1.54, 1.807) is 6.20 Å². The van der Waals surface area contributed by atoms with Gasteiger partial charge < -0.3 is 20.7 Å². The number of H-pyrrole nitrogens is 1. The van der Waals surface area contributed by atoms with Crippen molar-refractivity contribution >= 4 is 11.9 Å². The molecule has 4 N–H and O–H groups in total. The number of imidazole rings is 1. The van der Waals surface area contributed by atoms with Crippen LogP contribution in [-0.4, -0.2) is 45.6 Å². The van der Waals surface area contributed by atoms with E-state index in [0.717, 1.165) is 25.8 Å². The molecular weight excluding hydrogens is 248 g/mol. The zero-order valence-corrected chi connectivity index (χ0v) is 10.6. The molecule has 1 saturated heterocycles. The fraction of sp³-hybridized carbons (Fsp3) is 0.583. The number of nitrogens with one attached hydrogen (secondary N) is 3. The van der Waals surface area contributed by atoms with E-state index in [1.165, 1.54) is 6.33 Å². The van der Waals surface area contributed by atoms with Crippen LogP contribution >= 0.6 is 0 Å². The van der Waals surface area contributed by atoms with Crippen molar-refractivity contribution in [1.29, 1.82) is 0 Å². The highest BCUT2D eigenvalue weighted by atomic mass is 16.4. The third kappa shape index (κ3) is 3.78. The van der Waals surface area contributed by atoms with Crippen LogP contribution in [0.1, 0.15) is 25.0 Å². The summed E-state index contributed by atoms with van der Waals surface area (Å²) in [6, 6.07) is -1.21. The Balaban J connectivity index is 1.92. The molecule has 0 aliphatic carbocycles. The van der Waals surface area contributed by atoms with Gasteiger partial charge in [-0.3, -0.25) is 4.79 Å². The zero-order chi connectivity index (χ0) is 13.7. The summed E-state index contributed by atoms with van der Waals surface area (Å²) in [5, 5.41) is 14.8. The number of carbonyl (C=O) groups excluding carboxylic acids is 1. The number of aromatic nitrogens is 2. The van der Waals surface area contributed by atoms with Gasteiger partial charge in [0, 0.05) is 18.3 Å². The molecule has 0 radical (unpaired) electrons. The van der Waals surface area contributed by atoms with Crippen molar-refractivity contribution in [2.24, 2.45) is 0 Å². The van der Waals surface area contributed by atoms with Crippen molar-refractivity contribution < 1.29 is 14.7 Å². The molecule has 1 amide bonds. The summed E-state index contributed by atoms with van der Waals surface area (Å²) in [4.78, 5) is 29.8. The van der Waals surface area contributed by atoms with E-state index >= 15 is 0 Å². The SMILES string of the molecule is O=C(O)C(Cc1cnc[nH]1)NC(=O)C1CCCCN1. The first-order valence-electron chi connectivity index (χ1n) is 6.40. The summed E-state index contributed by atoms with van der Waals surface area (Å²) in [5.41, 5.74) is 0.685. The van der Waals surface area contributed by atoms with Gasteiger partial charge in [-0.1, -0.05) is 6.42 Å². The predicted molar refractivity (Wildman–Crippen MR) is 67.5 cm³/mol. The van der Waals surface area contributed by atoms with Gasteiger partial charge >= 0.3 is 5.97 Å². The van der Waals surface area contributed by atoms with E-state index in [0.29, 0.717) is 5.69 Å². The number of carboxylic acids is 1. The molecule has 7 nitrogen and oxygen atoms in total. The van der Waals surface area contributed by atoms with Crippen LogP contribution in [0.2, 0.25) is 0 Å².